The van der Waals surface area contributed by atoms with E-state index in [4.69, 9.17) is 0 Å². The summed E-state index contributed by atoms with van der Waals surface area (Å²) in [6.45, 7) is 9.83. The fraction of sp³-hybridized carbons (Fsp3) is 0.471. The standard InChI is InChI=1S/C17H25NO/c1-5-17(19)18(13-14(2)3)12-11-15(4)16-9-7-6-8-10-16/h6-11,14H,5,12-13H2,1-4H3/b15-11-. The number of hydrogen-bond donors (Lipinski definition) is 0. The van der Waals surface area contributed by atoms with Crippen LogP contribution in [0.15, 0.2) is 36.4 Å². The van der Waals surface area contributed by atoms with Gasteiger partial charge in [0.25, 0.3) is 0 Å². The Morgan fingerprint density at radius 2 is 1.89 bits per heavy atom. The van der Waals surface area contributed by atoms with Crippen molar-refractivity contribution < 1.29 is 4.79 Å². The number of allylic oxidation sites excluding steroid dienone is 1. The summed E-state index contributed by atoms with van der Waals surface area (Å²) in [4.78, 5) is 13.8. The second-order valence-corrected chi connectivity index (χ2v) is 5.30. The lowest BCUT2D eigenvalue weighted by atomic mass is 10.1. The third-order valence-electron chi connectivity index (χ3n) is 3.09. The minimum atomic E-state index is 0.228. The highest BCUT2D eigenvalue weighted by atomic mass is 16.2. The van der Waals surface area contributed by atoms with E-state index in [1.165, 1.54) is 11.1 Å². The maximum absolute atomic E-state index is 11.9. The van der Waals surface area contributed by atoms with Crippen LogP contribution < -0.4 is 0 Å². The minimum Gasteiger partial charge on any atom is -0.339 e. The molecular weight excluding hydrogens is 234 g/mol. The summed E-state index contributed by atoms with van der Waals surface area (Å²) in [6, 6.07) is 10.3. The van der Waals surface area contributed by atoms with Crippen molar-refractivity contribution in [3.63, 3.8) is 0 Å². The molecule has 0 unspecified atom stereocenters. The van der Waals surface area contributed by atoms with Gasteiger partial charge in [-0.1, -0.05) is 57.2 Å². The van der Waals surface area contributed by atoms with Gasteiger partial charge in [0, 0.05) is 19.5 Å². The number of amides is 1. The van der Waals surface area contributed by atoms with Crippen molar-refractivity contribution in [2.75, 3.05) is 13.1 Å². The summed E-state index contributed by atoms with van der Waals surface area (Å²) in [5.41, 5.74) is 2.44. The van der Waals surface area contributed by atoms with Crippen LogP contribution in [0.4, 0.5) is 0 Å². The van der Waals surface area contributed by atoms with Crippen molar-refractivity contribution in [2.24, 2.45) is 5.92 Å². The lowest BCUT2D eigenvalue weighted by Gasteiger charge is -2.23. The van der Waals surface area contributed by atoms with Gasteiger partial charge in [0.1, 0.15) is 0 Å². The lowest BCUT2D eigenvalue weighted by Crippen LogP contribution is -2.33. The molecule has 1 amide bonds. The zero-order valence-electron chi connectivity index (χ0n) is 12.5. The molecule has 0 aromatic heterocycles. The average Bonchev–Trinajstić information content (AvgIpc) is 2.42. The Labute approximate surface area is 117 Å². The number of carbonyl (C=O) groups excluding carboxylic acids is 1. The van der Waals surface area contributed by atoms with Crippen molar-refractivity contribution >= 4 is 11.5 Å². The summed E-state index contributed by atoms with van der Waals surface area (Å²) in [5, 5.41) is 0. The molecular formula is C17H25NO. The number of carbonyl (C=O) groups is 1. The molecule has 0 bridgehead atoms. The van der Waals surface area contributed by atoms with Crippen LogP contribution in [0.5, 0.6) is 0 Å². The van der Waals surface area contributed by atoms with E-state index in [9.17, 15) is 4.79 Å². The van der Waals surface area contributed by atoms with Gasteiger partial charge in [0.05, 0.1) is 0 Å². The quantitative estimate of drug-likeness (QED) is 0.756. The highest BCUT2D eigenvalue weighted by molar-refractivity contribution is 5.76. The second-order valence-electron chi connectivity index (χ2n) is 5.30. The van der Waals surface area contributed by atoms with Crippen molar-refractivity contribution in [3.8, 4) is 0 Å². The second kappa shape index (κ2) is 7.78. The van der Waals surface area contributed by atoms with E-state index in [0.717, 1.165) is 6.54 Å². The first-order valence-electron chi connectivity index (χ1n) is 7.04. The molecule has 0 aliphatic carbocycles. The van der Waals surface area contributed by atoms with E-state index in [1.54, 1.807) is 0 Å². The SMILES string of the molecule is CCC(=O)N(C/C=C(/C)c1ccccc1)CC(C)C. The monoisotopic (exact) mass is 259 g/mol. The van der Waals surface area contributed by atoms with Crippen LogP contribution in [0.2, 0.25) is 0 Å². The van der Waals surface area contributed by atoms with Gasteiger partial charge in [-0.3, -0.25) is 4.79 Å². The molecule has 2 nitrogen and oxygen atoms in total. The van der Waals surface area contributed by atoms with E-state index in [2.05, 4.69) is 39.0 Å². The number of nitrogens with zero attached hydrogens (tertiary/aromatic N) is 1. The fourth-order valence-corrected chi connectivity index (χ4v) is 2.01. The zero-order valence-corrected chi connectivity index (χ0v) is 12.5. The normalized spacial score (nSPS) is 11.7. The molecule has 0 saturated heterocycles. The molecule has 1 aromatic carbocycles. The third-order valence-corrected chi connectivity index (χ3v) is 3.09. The van der Waals surface area contributed by atoms with Gasteiger partial charge in [0.2, 0.25) is 5.91 Å². The average molecular weight is 259 g/mol. The summed E-state index contributed by atoms with van der Waals surface area (Å²) < 4.78 is 0. The maximum Gasteiger partial charge on any atom is 0.222 e. The molecule has 0 aliphatic heterocycles. The summed E-state index contributed by atoms with van der Waals surface area (Å²) in [7, 11) is 0. The van der Waals surface area contributed by atoms with Crippen LogP contribution in [-0.2, 0) is 4.79 Å². The van der Waals surface area contributed by atoms with Crippen LogP contribution in [0.3, 0.4) is 0 Å². The molecule has 0 spiro atoms. The first kappa shape index (κ1) is 15.5. The highest BCUT2D eigenvalue weighted by Crippen LogP contribution is 2.13. The van der Waals surface area contributed by atoms with Crippen LogP contribution >= 0.6 is 0 Å². The first-order valence-corrected chi connectivity index (χ1v) is 7.04. The molecule has 0 fully saturated rings. The Balaban J connectivity index is 2.72. The Hall–Kier alpha value is -1.57. The Morgan fingerprint density at radius 3 is 2.42 bits per heavy atom. The van der Waals surface area contributed by atoms with Crippen molar-refractivity contribution in [2.45, 2.75) is 34.1 Å². The largest absolute Gasteiger partial charge is 0.339 e. The molecule has 0 N–H and O–H groups in total. The van der Waals surface area contributed by atoms with E-state index < -0.39 is 0 Å². The maximum atomic E-state index is 11.9. The fourth-order valence-electron chi connectivity index (χ4n) is 2.01. The topological polar surface area (TPSA) is 20.3 Å². The summed E-state index contributed by atoms with van der Waals surface area (Å²) in [5.74, 6) is 0.728. The zero-order chi connectivity index (χ0) is 14.3. The molecule has 0 radical (unpaired) electrons. The smallest absolute Gasteiger partial charge is 0.222 e. The first-order chi connectivity index (χ1) is 9.04. The van der Waals surface area contributed by atoms with Gasteiger partial charge >= 0.3 is 0 Å². The predicted molar refractivity (Wildman–Crippen MR) is 81.8 cm³/mol. The summed E-state index contributed by atoms with van der Waals surface area (Å²) in [6.07, 6.45) is 2.72. The van der Waals surface area contributed by atoms with E-state index >= 15 is 0 Å². The summed E-state index contributed by atoms with van der Waals surface area (Å²) >= 11 is 0. The van der Waals surface area contributed by atoms with Crippen LogP contribution in [0.25, 0.3) is 5.57 Å². The van der Waals surface area contributed by atoms with Crippen LogP contribution in [0, 0.1) is 5.92 Å². The van der Waals surface area contributed by atoms with E-state index in [0.29, 0.717) is 18.9 Å². The van der Waals surface area contributed by atoms with Crippen molar-refractivity contribution in [1.29, 1.82) is 0 Å². The molecule has 19 heavy (non-hydrogen) atoms. The van der Waals surface area contributed by atoms with Gasteiger partial charge in [-0.2, -0.15) is 0 Å². The van der Waals surface area contributed by atoms with Crippen molar-refractivity contribution in [3.05, 3.63) is 42.0 Å². The molecule has 1 rings (SSSR count). The highest BCUT2D eigenvalue weighted by Gasteiger charge is 2.11. The van der Waals surface area contributed by atoms with Gasteiger partial charge in [-0.25, -0.2) is 0 Å². The number of benzene rings is 1. The van der Waals surface area contributed by atoms with Crippen molar-refractivity contribution in [1.82, 2.24) is 4.90 Å². The molecule has 0 atom stereocenters. The third kappa shape index (κ3) is 5.29. The molecule has 1 aromatic rings. The van der Waals surface area contributed by atoms with Gasteiger partial charge in [-0.05, 0) is 24.0 Å². The van der Waals surface area contributed by atoms with Crippen LogP contribution in [0.1, 0.15) is 39.7 Å². The van der Waals surface area contributed by atoms with Gasteiger partial charge in [0.15, 0.2) is 0 Å². The molecule has 0 heterocycles. The Kier molecular flexibility index (Phi) is 6.34. The molecule has 0 saturated carbocycles. The number of hydrogen-bond acceptors (Lipinski definition) is 1. The van der Waals surface area contributed by atoms with Crippen LogP contribution in [-0.4, -0.2) is 23.9 Å². The lowest BCUT2D eigenvalue weighted by molar-refractivity contribution is -0.130. The molecule has 0 aliphatic rings. The predicted octanol–water partition coefficient (Wildman–Crippen LogP) is 3.98. The van der Waals surface area contributed by atoms with Gasteiger partial charge < -0.3 is 4.90 Å². The molecule has 104 valence electrons. The van der Waals surface area contributed by atoms with E-state index in [-0.39, 0.29) is 5.91 Å². The minimum absolute atomic E-state index is 0.228. The van der Waals surface area contributed by atoms with Gasteiger partial charge in [-0.15, -0.1) is 0 Å². The number of rotatable bonds is 6. The molecule has 2 heteroatoms. The van der Waals surface area contributed by atoms with E-state index in [1.807, 2.05) is 30.0 Å². The Bertz CT molecular complexity index is 420. The Morgan fingerprint density at radius 1 is 1.26 bits per heavy atom.